The minimum Gasteiger partial charge on any atom is -0.321 e. The van der Waals surface area contributed by atoms with Crippen molar-refractivity contribution in [1.82, 2.24) is 0 Å². The van der Waals surface area contributed by atoms with E-state index in [-0.39, 0.29) is 10.8 Å². The predicted octanol–water partition coefficient (Wildman–Crippen LogP) is 5.61. The molecule has 0 aliphatic carbocycles. The van der Waals surface area contributed by atoms with Crippen LogP contribution in [0.2, 0.25) is 5.02 Å². The molecule has 0 aliphatic rings. The van der Waals surface area contributed by atoms with Crippen LogP contribution in [0.1, 0.15) is 9.67 Å². The number of fused-ring (bicyclic) bond motifs is 1. The summed E-state index contributed by atoms with van der Waals surface area (Å²) in [5, 5.41) is 4.00. The van der Waals surface area contributed by atoms with Gasteiger partial charge in [0.1, 0.15) is 4.88 Å². The highest BCUT2D eigenvalue weighted by Crippen LogP contribution is 2.35. The van der Waals surface area contributed by atoms with E-state index in [2.05, 4.69) is 10.0 Å². The Hall–Kier alpha value is -2.87. The molecule has 0 bridgehead atoms. The van der Waals surface area contributed by atoms with Crippen molar-refractivity contribution in [3.8, 4) is 0 Å². The van der Waals surface area contributed by atoms with Gasteiger partial charge in [-0.1, -0.05) is 48.0 Å². The van der Waals surface area contributed by atoms with Gasteiger partial charge < -0.3 is 5.32 Å². The first-order valence-corrected chi connectivity index (χ1v) is 11.3. The number of para-hydroxylation sites is 1. The molecule has 0 atom stereocenters. The van der Waals surface area contributed by atoms with Crippen molar-refractivity contribution in [2.75, 3.05) is 10.0 Å². The number of benzene rings is 3. The molecule has 2 N–H and O–H groups in total. The predicted molar refractivity (Wildman–Crippen MR) is 118 cm³/mol. The van der Waals surface area contributed by atoms with Gasteiger partial charge in [0.05, 0.1) is 9.92 Å². The summed E-state index contributed by atoms with van der Waals surface area (Å²) in [6.45, 7) is 0. The molecule has 1 aromatic heterocycles. The normalized spacial score (nSPS) is 11.3. The number of hydrogen-bond acceptors (Lipinski definition) is 4. The number of carbonyl (C=O) groups is 1. The van der Waals surface area contributed by atoms with Crippen LogP contribution < -0.4 is 10.0 Å². The zero-order valence-electron chi connectivity index (χ0n) is 14.9. The quantitative estimate of drug-likeness (QED) is 0.422. The monoisotopic (exact) mass is 442 g/mol. The average molecular weight is 443 g/mol. The van der Waals surface area contributed by atoms with Gasteiger partial charge in [-0.3, -0.25) is 9.52 Å². The molecular formula is C21H15ClN2O3S2. The summed E-state index contributed by atoms with van der Waals surface area (Å²) in [5.41, 5.74) is 0.950. The highest BCUT2D eigenvalue weighted by atomic mass is 35.5. The fourth-order valence-corrected chi connectivity index (χ4v) is 5.26. The Kier molecular flexibility index (Phi) is 5.27. The Morgan fingerprint density at radius 3 is 2.17 bits per heavy atom. The van der Waals surface area contributed by atoms with Gasteiger partial charge in [0.15, 0.2) is 0 Å². The zero-order valence-corrected chi connectivity index (χ0v) is 17.3. The van der Waals surface area contributed by atoms with E-state index in [0.717, 1.165) is 10.1 Å². The summed E-state index contributed by atoms with van der Waals surface area (Å²) in [7, 11) is -3.72. The number of anilines is 2. The molecule has 146 valence electrons. The van der Waals surface area contributed by atoms with E-state index in [1.165, 1.54) is 23.5 Å². The van der Waals surface area contributed by atoms with Crippen molar-refractivity contribution in [3.05, 3.63) is 88.8 Å². The van der Waals surface area contributed by atoms with Crippen molar-refractivity contribution in [2.24, 2.45) is 0 Å². The maximum atomic E-state index is 12.6. The zero-order chi connectivity index (χ0) is 20.4. The first kappa shape index (κ1) is 19.4. The number of amides is 1. The Morgan fingerprint density at radius 2 is 1.48 bits per heavy atom. The van der Waals surface area contributed by atoms with Crippen molar-refractivity contribution in [1.29, 1.82) is 0 Å². The summed E-state index contributed by atoms with van der Waals surface area (Å²) in [6.07, 6.45) is 0. The van der Waals surface area contributed by atoms with Crippen molar-refractivity contribution in [3.63, 3.8) is 0 Å². The molecule has 4 aromatic rings. The van der Waals surface area contributed by atoms with Gasteiger partial charge in [-0.15, -0.1) is 11.3 Å². The van der Waals surface area contributed by atoms with E-state index >= 15 is 0 Å². The van der Waals surface area contributed by atoms with Crippen LogP contribution in [0.4, 0.5) is 11.4 Å². The van der Waals surface area contributed by atoms with Crippen LogP contribution in [0.5, 0.6) is 0 Å². The smallest absolute Gasteiger partial charge is 0.267 e. The third-order valence-corrected chi connectivity index (χ3v) is 7.26. The van der Waals surface area contributed by atoms with Gasteiger partial charge in [-0.2, -0.15) is 0 Å². The molecule has 0 aliphatic heterocycles. The van der Waals surface area contributed by atoms with Crippen molar-refractivity contribution < 1.29 is 13.2 Å². The van der Waals surface area contributed by atoms with Crippen LogP contribution in [-0.2, 0) is 10.0 Å². The number of rotatable bonds is 5. The topological polar surface area (TPSA) is 75.3 Å². The number of halogens is 1. The SMILES string of the molecule is O=C(Nc1ccc(S(=O)(=O)Nc2ccccc2)cc1)c1sc2ccccc2c1Cl. The third-order valence-electron chi connectivity index (χ3n) is 4.19. The summed E-state index contributed by atoms with van der Waals surface area (Å²) in [5.74, 6) is -0.339. The maximum absolute atomic E-state index is 12.6. The number of thiophene rings is 1. The van der Waals surface area contributed by atoms with Gasteiger partial charge in [-0.05, 0) is 42.5 Å². The molecule has 5 nitrogen and oxygen atoms in total. The van der Waals surface area contributed by atoms with E-state index in [0.29, 0.717) is 21.3 Å². The van der Waals surface area contributed by atoms with Crippen LogP contribution in [0.25, 0.3) is 10.1 Å². The Balaban J connectivity index is 1.52. The molecular weight excluding hydrogens is 428 g/mol. The van der Waals surface area contributed by atoms with Gasteiger partial charge in [-0.25, -0.2) is 8.42 Å². The highest BCUT2D eigenvalue weighted by molar-refractivity contribution is 7.92. The Labute approximate surface area is 177 Å². The van der Waals surface area contributed by atoms with E-state index in [1.54, 1.807) is 42.5 Å². The molecule has 3 aromatic carbocycles. The molecule has 0 radical (unpaired) electrons. The lowest BCUT2D eigenvalue weighted by atomic mass is 10.2. The summed E-state index contributed by atoms with van der Waals surface area (Å²) in [4.78, 5) is 13.1. The van der Waals surface area contributed by atoms with E-state index in [4.69, 9.17) is 11.6 Å². The van der Waals surface area contributed by atoms with Crippen LogP contribution in [0.15, 0.2) is 83.8 Å². The minimum absolute atomic E-state index is 0.0965. The minimum atomic E-state index is -3.72. The number of carbonyl (C=O) groups excluding carboxylic acids is 1. The number of sulfonamides is 1. The molecule has 0 fully saturated rings. The summed E-state index contributed by atoms with van der Waals surface area (Å²) < 4.78 is 28.4. The van der Waals surface area contributed by atoms with Gasteiger partial charge in [0, 0.05) is 21.5 Å². The third kappa shape index (κ3) is 4.12. The molecule has 1 amide bonds. The number of hydrogen-bond donors (Lipinski definition) is 2. The van der Waals surface area contributed by atoms with Crippen molar-refractivity contribution in [2.45, 2.75) is 4.90 Å². The second kappa shape index (κ2) is 7.87. The molecule has 0 saturated heterocycles. The summed E-state index contributed by atoms with van der Waals surface area (Å²) in [6, 6.07) is 22.1. The molecule has 1 heterocycles. The average Bonchev–Trinajstić information content (AvgIpc) is 3.06. The molecule has 0 unspecified atom stereocenters. The van der Waals surface area contributed by atoms with E-state index in [9.17, 15) is 13.2 Å². The molecule has 0 spiro atoms. The lowest BCUT2D eigenvalue weighted by Gasteiger charge is -2.09. The summed E-state index contributed by atoms with van der Waals surface area (Å²) >= 11 is 7.65. The Bertz CT molecular complexity index is 1280. The van der Waals surface area contributed by atoms with Gasteiger partial charge >= 0.3 is 0 Å². The lowest BCUT2D eigenvalue weighted by molar-refractivity contribution is 0.103. The second-order valence-corrected chi connectivity index (χ2v) is 9.30. The molecule has 0 saturated carbocycles. The van der Waals surface area contributed by atoms with E-state index < -0.39 is 10.0 Å². The molecule has 29 heavy (non-hydrogen) atoms. The second-order valence-electron chi connectivity index (χ2n) is 6.19. The molecule has 4 rings (SSSR count). The van der Waals surface area contributed by atoms with Gasteiger partial charge in [0.25, 0.3) is 15.9 Å². The van der Waals surface area contributed by atoms with Crippen LogP contribution in [0, 0.1) is 0 Å². The molecule has 8 heteroatoms. The van der Waals surface area contributed by atoms with Crippen LogP contribution >= 0.6 is 22.9 Å². The largest absolute Gasteiger partial charge is 0.321 e. The maximum Gasteiger partial charge on any atom is 0.267 e. The van der Waals surface area contributed by atoms with E-state index in [1.807, 2.05) is 24.3 Å². The first-order chi connectivity index (χ1) is 13.9. The first-order valence-electron chi connectivity index (χ1n) is 8.60. The van der Waals surface area contributed by atoms with Gasteiger partial charge in [0.2, 0.25) is 0 Å². The fraction of sp³-hybridized carbons (Fsp3) is 0. The fourth-order valence-electron chi connectivity index (χ4n) is 2.79. The lowest BCUT2D eigenvalue weighted by Crippen LogP contribution is -2.13. The highest BCUT2D eigenvalue weighted by Gasteiger charge is 2.18. The van der Waals surface area contributed by atoms with Crippen LogP contribution in [-0.4, -0.2) is 14.3 Å². The standard InChI is InChI=1S/C21H15ClN2O3S2/c22-19-17-8-4-5-9-18(17)28-20(19)21(25)23-14-10-12-16(13-11-14)29(26,27)24-15-6-2-1-3-7-15/h1-13,24H,(H,23,25). The Morgan fingerprint density at radius 1 is 0.828 bits per heavy atom. The van der Waals surface area contributed by atoms with Crippen LogP contribution in [0.3, 0.4) is 0 Å². The van der Waals surface area contributed by atoms with Crippen molar-refractivity contribution >= 4 is 60.3 Å². The number of nitrogens with one attached hydrogen (secondary N) is 2.